The molecule has 1 aliphatic carbocycles. The molecule has 2 amide bonds. The first-order valence-corrected chi connectivity index (χ1v) is 14.6. The van der Waals surface area contributed by atoms with Crippen molar-refractivity contribution in [2.24, 2.45) is 5.41 Å². The smallest absolute Gasteiger partial charge is 0.248 e. The van der Waals surface area contributed by atoms with Gasteiger partial charge in [0.1, 0.15) is 35.3 Å². The number of aliphatic hydroxyl groups is 2. The van der Waals surface area contributed by atoms with E-state index in [1.807, 2.05) is 0 Å². The van der Waals surface area contributed by atoms with Crippen LogP contribution in [0.5, 0.6) is 0 Å². The van der Waals surface area contributed by atoms with E-state index < -0.39 is 29.1 Å². The fourth-order valence-electron chi connectivity index (χ4n) is 6.02. The zero-order valence-corrected chi connectivity index (χ0v) is 25.6. The number of piperidine rings is 1. The van der Waals surface area contributed by atoms with Crippen molar-refractivity contribution in [3.63, 3.8) is 0 Å². The third kappa shape index (κ3) is 5.04. The highest BCUT2D eigenvalue weighted by Gasteiger charge is 2.67. The topological polar surface area (TPSA) is 176 Å². The van der Waals surface area contributed by atoms with E-state index in [2.05, 4.69) is 46.3 Å². The van der Waals surface area contributed by atoms with E-state index in [4.69, 9.17) is 0 Å². The molecule has 6 rings (SSSR count). The van der Waals surface area contributed by atoms with E-state index in [1.54, 1.807) is 19.9 Å². The second kappa shape index (κ2) is 11.1. The van der Waals surface area contributed by atoms with Crippen LogP contribution in [0.4, 0.5) is 10.2 Å². The van der Waals surface area contributed by atoms with E-state index >= 15 is 0 Å². The molecule has 4 aromatic rings. The van der Waals surface area contributed by atoms with Gasteiger partial charge in [-0.1, -0.05) is 0 Å². The van der Waals surface area contributed by atoms with Crippen LogP contribution >= 0.6 is 15.9 Å². The molecule has 15 heteroatoms. The number of Topliss-reactive ketones (excluding diaryl/α,β-unsaturated/α-hetero) is 1. The number of aliphatic hydroxyl groups excluding tert-OH is 2. The Bertz CT molecular complexity index is 1850. The molecule has 0 bridgehead atoms. The summed E-state index contributed by atoms with van der Waals surface area (Å²) >= 11 is 3.03. The Morgan fingerprint density at radius 1 is 1.14 bits per heavy atom. The van der Waals surface area contributed by atoms with Crippen LogP contribution in [0.1, 0.15) is 47.3 Å². The number of rotatable bonds is 8. The van der Waals surface area contributed by atoms with Crippen LogP contribution in [0.25, 0.3) is 22.2 Å². The van der Waals surface area contributed by atoms with Gasteiger partial charge in [-0.2, -0.15) is 5.10 Å². The highest BCUT2D eigenvalue weighted by Crippen LogP contribution is 2.59. The van der Waals surface area contributed by atoms with E-state index in [0.717, 1.165) is 0 Å². The Hall–Kier alpha value is -4.21. The molecule has 44 heavy (non-hydrogen) atoms. The van der Waals surface area contributed by atoms with Gasteiger partial charge in [0.2, 0.25) is 11.8 Å². The Morgan fingerprint density at radius 2 is 1.86 bits per heavy atom. The largest absolute Gasteiger partial charge is 0.396 e. The lowest BCUT2D eigenvalue weighted by molar-refractivity contribution is -0.138. The minimum atomic E-state index is -0.903. The van der Waals surface area contributed by atoms with Crippen LogP contribution in [-0.2, 0) is 22.7 Å². The Morgan fingerprint density at radius 3 is 2.52 bits per heavy atom. The standard InChI is InChI=1S/C29H28BrFN8O5/c1-13-4-18(31)26(30)35-27(13)36-28(44)20-6-29(12-41)7-21(29)39(20)23(43)10-38-25-14(2)34-19(5-17(25)24(37-38)15(3)42)16-8-32-22(11-40)33-9-16/h4-5,8-9,20-21,40-41H,6-7,10-12H2,1-3H3,(H,35,36,44)/t20-,21+,29-/m0/s1. The molecule has 5 heterocycles. The predicted molar refractivity (Wildman–Crippen MR) is 158 cm³/mol. The Balaban J connectivity index is 1.32. The van der Waals surface area contributed by atoms with Gasteiger partial charge in [-0.25, -0.2) is 19.3 Å². The number of aryl methyl sites for hydroxylation is 2. The quantitative estimate of drug-likeness (QED) is 0.187. The average Bonchev–Trinajstić information content (AvgIpc) is 3.41. The third-order valence-corrected chi connectivity index (χ3v) is 8.91. The Labute approximate surface area is 258 Å². The summed E-state index contributed by atoms with van der Waals surface area (Å²) in [6.07, 6.45) is 3.86. The third-order valence-electron chi connectivity index (χ3n) is 8.35. The molecule has 4 aromatic heterocycles. The van der Waals surface area contributed by atoms with Gasteiger partial charge in [-0.15, -0.1) is 0 Å². The minimum absolute atomic E-state index is 0.0545. The summed E-state index contributed by atoms with van der Waals surface area (Å²) in [5, 5.41) is 27.1. The highest BCUT2D eigenvalue weighted by atomic mass is 79.9. The van der Waals surface area contributed by atoms with Gasteiger partial charge < -0.3 is 20.4 Å². The van der Waals surface area contributed by atoms with Crippen molar-refractivity contribution in [3.8, 4) is 11.3 Å². The number of carbonyl (C=O) groups is 3. The summed E-state index contributed by atoms with van der Waals surface area (Å²) in [6.45, 7) is 3.96. The normalized spacial score (nSPS) is 20.6. The molecule has 2 aliphatic rings. The molecular formula is C29H28BrFN8O5. The first kappa shape index (κ1) is 29.8. The summed E-state index contributed by atoms with van der Waals surface area (Å²) in [5.41, 5.74) is 2.04. The van der Waals surface area contributed by atoms with Crippen molar-refractivity contribution in [1.82, 2.24) is 34.6 Å². The number of halogens is 2. The molecule has 1 saturated carbocycles. The van der Waals surface area contributed by atoms with Crippen molar-refractivity contribution in [2.45, 2.75) is 58.8 Å². The summed E-state index contributed by atoms with van der Waals surface area (Å²) in [7, 11) is 0. The number of fused-ring (bicyclic) bond motifs is 2. The summed E-state index contributed by atoms with van der Waals surface area (Å²) in [6, 6.07) is 1.68. The predicted octanol–water partition coefficient (Wildman–Crippen LogP) is 2.49. The number of anilines is 1. The van der Waals surface area contributed by atoms with E-state index in [-0.39, 0.29) is 59.9 Å². The molecule has 0 aromatic carbocycles. The second-order valence-electron chi connectivity index (χ2n) is 11.3. The number of pyridine rings is 2. The fraction of sp³-hybridized carbons (Fsp3) is 0.379. The number of nitrogens with zero attached hydrogens (tertiary/aromatic N) is 7. The number of hydrogen-bond donors (Lipinski definition) is 3. The van der Waals surface area contributed by atoms with Crippen molar-refractivity contribution >= 4 is 50.2 Å². The first-order chi connectivity index (χ1) is 21.0. The molecular weight excluding hydrogens is 639 g/mol. The number of aromatic nitrogens is 6. The van der Waals surface area contributed by atoms with Crippen molar-refractivity contribution < 1.29 is 29.0 Å². The molecule has 3 atom stereocenters. The van der Waals surface area contributed by atoms with Gasteiger partial charge in [0, 0.05) is 41.7 Å². The summed E-state index contributed by atoms with van der Waals surface area (Å²) in [5.74, 6) is -1.37. The average molecular weight is 667 g/mol. The molecule has 1 aliphatic heterocycles. The van der Waals surface area contributed by atoms with Crippen LogP contribution in [-0.4, -0.2) is 81.1 Å². The van der Waals surface area contributed by atoms with Gasteiger partial charge in [0.05, 0.1) is 23.5 Å². The van der Waals surface area contributed by atoms with Crippen LogP contribution in [0.2, 0.25) is 0 Å². The van der Waals surface area contributed by atoms with E-state index in [0.29, 0.717) is 39.8 Å². The lowest BCUT2D eigenvalue weighted by Gasteiger charge is -2.27. The van der Waals surface area contributed by atoms with Crippen LogP contribution in [0.3, 0.4) is 0 Å². The molecule has 1 saturated heterocycles. The van der Waals surface area contributed by atoms with E-state index in [9.17, 15) is 29.0 Å². The molecule has 0 spiro atoms. The number of carbonyl (C=O) groups excluding carboxylic acids is 3. The van der Waals surface area contributed by atoms with Gasteiger partial charge in [-0.3, -0.25) is 24.0 Å². The number of ketones is 1. The number of nitrogens with one attached hydrogen (secondary N) is 1. The SMILES string of the molecule is CC(=O)c1nn(CC(=O)N2[C@H](C(=O)Nc3nc(Br)c(F)cc3C)C[C@@]3(CO)C[C@@H]23)c2c(C)nc(-c3cnc(CO)nc3)cc12. The number of hydrogen-bond acceptors (Lipinski definition) is 10. The maximum atomic E-state index is 13.9. The monoisotopic (exact) mass is 666 g/mol. The van der Waals surface area contributed by atoms with Crippen molar-refractivity contribution in [3.05, 3.63) is 57.7 Å². The molecule has 3 N–H and O–H groups in total. The summed E-state index contributed by atoms with van der Waals surface area (Å²) in [4.78, 5) is 58.4. The molecule has 0 unspecified atom stereocenters. The zero-order chi connectivity index (χ0) is 31.5. The molecule has 228 valence electrons. The lowest BCUT2D eigenvalue weighted by Crippen LogP contribution is -2.47. The zero-order valence-electron chi connectivity index (χ0n) is 24.0. The lowest BCUT2D eigenvalue weighted by atomic mass is 10.00. The second-order valence-corrected chi connectivity index (χ2v) is 12.0. The van der Waals surface area contributed by atoms with Crippen molar-refractivity contribution in [2.75, 3.05) is 11.9 Å². The summed E-state index contributed by atoms with van der Waals surface area (Å²) < 4.78 is 15.3. The van der Waals surface area contributed by atoms with Crippen LogP contribution in [0, 0.1) is 25.1 Å². The van der Waals surface area contributed by atoms with Gasteiger partial charge >= 0.3 is 0 Å². The van der Waals surface area contributed by atoms with E-state index in [1.165, 1.54) is 35.0 Å². The molecule has 0 radical (unpaired) electrons. The molecule has 2 fully saturated rings. The van der Waals surface area contributed by atoms with Crippen LogP contribution < -0.4 is 5.32 Å². The minimum Gasteiger partial charge on any atom is -0.396 e. The fourth-order valence-corrected chi connectivity index (χ4v) is 6.31. The highest BCUT2D eigenvalue weighted by molar-refractivity contribution is 9.10. The van der Waals surface area contributed by atoms with Gasteiger partial charge in [0.15, 0.2) is 17.4 Å². The number of likely N-dealkylation sites (tertiary alicyclic amines) is 1. The maximum absolute atomic E-state index is 13.9. The first-order valence-electron chi connectivity index (χ1n) is 13.8. The van der Waals surface area contributed by atoms with Crippen LogP contribution in [0.15, 0.2) is 29.1 Å². The maximum Gasteiger partial charge on any atom is 0.248 e. The van der Waals surface area contributed by atoms with Gasteiger partial charge in [-0.05, 0) is 60.3 Å². The Kier molecular flexibility index (Phi) is 7.50. The van der Waals surface area contributed by atoms with Crippen molar-refractivity contribution in [1.29, 1.82) is 0 Å². The number of amides is 2. The molecule has 13 nitrogen and oxygen atoms in total. The van der Waals surface area contributed by atoms with Gasteiger partial charge in [0.25, 0.3) is 0 Å².